The Hall–Kier alpha value is -3.88. The van der Waals surface area contributed by atoms with Crippen LogP contribution in [-0.4, -0.2) is 66.8 Å². The van der Waals surface area contributed by atoms with Gasteiger partial charge < -0.3 is 9.47 Å². The van der Waals surface area contributed by atoms with Gasteiger partial charge in [-0.15, -0.1) is 5.10 Å². The number of carbonyl (C=O) groups is 1. The second-order valence-electron chi connectivity index (χ2n) is 8.40. The van der Waals surface area contributed by atoms with E-state index in [2.05, 4.69) is 15.2 Å². The van der Waals surface area contributed by atoms with Crippen LogP contribution in [0.2, 0.25) is 0 Å². The zero-order valence-electron chi connectivity index (χ0n) is 18.8. The number of hydrogen-bond acceptors (Lipinski definition) is 6. The predicted octanol–water partition coefficient (Wildman–Crippen LogP) is 2.09. The van der Waals surface area contributed by atoms with Gasteiger partial charge in [0.15, 0.2) is 0 Å². The van der Waals surface area contributed by atoms with Crippen molar-refractivity contribution in [1.82, 2.24) is 33.8 Å². The van der Waals surface area contributed by atoms with Crippen LogP contribution in [0.15, 0.2) is 52.7 Å². The Morgan fingerprint density at radius 3 is 2.53 bits per heavy atom. The average Bonchev–Trinajstić information content (AvgIpc) is 3.57. The second kappa shape index (κ2) is 8.36. The van der Waals surface area contributed by atoms with Gasteiger partial charge in [0.2, 0.25) is 5.95 Å². The first kappa shape index (κ1) is 23.8. The topological polar surface area (TPSA) is 127 Å². The number of H-pyrrole nitrogens is 1. The van der Waals surface area contributed by atoms with E-state index in [1.165, 1.54) is 32.6 Å². The van der Waals surface area contributed by atoms with Gasteiger partial charge in [-0.2, -0.15) is 18.3 Å². The molecule has 4 aromatic heterocycles. The van der Waals surface area contributed by atoms with Crippen LogP contribution in [0.25, 0.3) is 11.5 Å². The van der Waals surface area contributed by atoms with Crippen molar-refractivity contribution in [3.63, 3.8) is 0 Å². The van der Waals surface area contributed by atoms with E-state index in [9.17, 15) is 31.2 Å². The van der Waals surface area contributed by atoms with E-state index in [0.717, 1.165) is 10.6 Å². The third kappa shape index (κ3) is 3.79. The molecule has 36 heavy (non-hydrogen) atoms. The van der Waals surface area contributed by atoms with E-state index >= 15 is 0 Å². The van der Waals surface area contributed by atoms with Gasteiger partial charge in [-0.1, -0.05) is 0 Å². The summed E-state index contributed by atoms with van der Waals surface area (Å²) >= 11 is 0. The highest BCUT2D eigenvalue weighted by atomic mass is 32.2. The highest BCUT2D eigenvalue weighted by Gasteiger charge is 2.49. The van der Waals surface area contributed by atoms with Crippen LogP contribution in [0.5, 0.6) is 0 Å². The Balaban J connectivity index is 1.33. The fourth-order valence-electron chi connectivity index (χ4n) is 4.40. The zero-order valence-corrected chi connectivity index (χ0v) is 19.6. The van der Waals surface area contributed by atoms with E-state index in [1.807, 2.05) is 0 Å². The summed E-state index contributed by atoms with van der Waals surface area (Å²) in [6, 6.07) is 4.96. The Bertz CT molecular complexity index is 1620. The molecule has 15 heteroatoms. The molecule has 5 rings (SSSR count). The quantitative estimate of drug-likeness (QED) is 0.437. The van der Waals surface area contributed by atoms with Crippen molar-refractivity contribution in [2.24, 2.45) is 0 Å². The van der Waals surface area contributed by atoms with Crippen LogP contribution >= 0.6 is 0 Å². The number of amides is 1. The number of nitrogens with zero attached hydrogens (tertiary/aromatic N) is 6. The molecule has 0 saturated carbocycles. The maximum atomic E-state index is 13.2. The SMILES string of the molecule is Cc1c(C(=O)N2CCC(n3cccc3S(=O)(=O)C(F)(F)F)CC2)cnn1-c1nn2cccc2c(=O)[nH]1. The number of aromatic nitrogens is 6. The fraction of sp³-hybridized carbons (Fsp3) is 0.333. The third-order valence-electron chi connectivity index (χ3n) is 6.29. The van der Waals surface area contributed by atoms with Crippen LogP contribution < -0.4 is 5.56 Å². The predicted molar refractivity (Wildman–Crippen MR) is 120 cm³/mol. The van der Waals surface area contributed by atoms with Crippen LogP contribution in [0, 0.1) is 6.92 Å². The van der Waals surface area contributed by atoms with E-state index in [0.29, 0.717) is 11.2 Å². The van der Waals surface area contributed by atoms with Crippen molar-refractivity contribution in [2.75, 3.05) is 13.1 Å². The number of carbonyl (C=O) groups excluding carboxylic acids is 1. The van der Waals surface area contributed by atoms with Gasteiger partial charge in [0.1, 0.15) is 10.5 Å². The maximum Gasteiger partial charge on any atom is 0.503 e. The number of hydrogen-bond donors (Lipinski definition) is 1. The molecule has 1 saturated heterocycles. The molecule has 1 aliphatic rings. The lowest BCUT2D eigenvalue weighted by Gasteiger charge is -2.33. The zero-order chi connectivity index (χ0) is 25.8. The number of nitrogens with one attached hydrogen (secondary N) is 1. The molecule has 1 aliphatic heterocycles. The van der Waals surface area contributed by atoms with Gasteiger partial charge in [-0.3, -0.25) is 14.6 Å². The molecule has 0 radical (unpaired) electrons. The molecule has 0 aliphatic carbocycles. The molecular weight excluding hydrogens is 503 g/mol. The Morgan fingerprint density at radius 1 is 1.14 bits per heavy atom. The largest absolute Gasteiger partial charge is 0.503 e. The standard InChI is InChI=1S/C21H20F3N7O4S/c1-13-15(12-25-31(13)20-26-18(32)16-4-2-9-30(16)27-20)19(33)28-10-6-14(7-11-28)29-8-3-5-17(29)36(34,35)21(22,23)24/h2-5,8-9,12,14H,6-7,10-11H2,1H3,(H,26,27,32). The lowest BCUT2D eigenvalue weighted by molar-refractivity contribution is -0.0440. The third-order valence-corrected chi connectivity index (χ3v) is 7.80. The van der Waals surface area contributed by atoms with Crippen LogP contribution in [0.4, 0.5) is 13.2 Å². The summed E-state index contributed by atoms with van der Waals surface area (Å²) in [4.78, 5) is 29.6. The molecule has 1 N–H and O–H groups in total. The molecule has 1 amide bonds. The first-order valence-electron chi connectivity index (χ1n) is 10.9. The summed E-state index contributed by atoms with van der Waals surface area (Å²) in [5.74, 6) is -0.206. The van der Waals surface area contributed by atoms with E-state index in [4.69, 9.17) is 0 Å². The van der Waals surface area contributed by atoms with Gasteiger partial charge in [0, 0.05) is 31.5 Å². The van der Waals surface area contributed by atoms with Crippen molar-refractivity contribution in [2.45, 2.75) is 36.3 Å². The van der Waals surface area contributed by atoms with Crippen molar-refractivity contribution in [1.29, 1.82) is 0 Å². The number of rotatable bonds is 4. The minimum absolute atomic E-state index is 0.130. The number of likely N-dealkylation sites (tertiary alicyclic amines) is 1. The number of piperidine rings is 1. The van der Waals surface area contributed by atoms with Gasteiger partial charge >= 0.3 is 5.51 Å². The summed E-state index contributed by atoms with van der Waals surface area (Å²) in [6.07, 6.45) is 4.83. The summed E-state index contributed by atoms with van der Waals surface area (Å²) in [6.45, 7) is 2.07. The summed E-state index contributed by atoms with van der Waals surface area (Å²) < 4.78 is 66.9. The first-order valence-corrected chi connectivity index (χ1v) is 12.4. The number of alkyl halides is 3. The molecule has 0 bridgehead atoms. The minimum atomic E-state index is -5.49. The number of fused-ring (bicyclic) bond motifs is 1. The van der Waals surface area contributed by atoms with E-state index < -0.39 is 26.4 Å². The number of halogens is 3. The van der Waals surface area contributed by atoms with E-state index in [-0.39, 0.29) is 48.9 Å². The van der Waals surface area contributed by atoms with Gasteiger partial charge in [-0.25, -0.2) is 17.6 Å². The lowest BCUT2D eigenvalue weighted by Crippen LogP contribution is -2.39. The smallest absolute Gasteiger partial charge is 0.338 e. The molecule has 0 spiro atoms. The number of aromatic amines is 1. The van der Waals surface area contributed by atoms with Crippen LogP contribution in [0.1, 0.15) is 34.9 Å². The maximum absolute atomic E-state index is 13.2. The summed E-state index contributed by atoms with van der Waals surface area (Å²) in [5, 5.41) is 7.69. The van der Waals surface area contributed by atoms with Crippen molar-refractivity contribution >= 4 is 21.3 Å². The van der Waals surface area contributed by atoms with Crippen LogP contribution in [-0.2, 0) is 9.84 Å². The van der Waals surface area contributed by atoms with Gasteiger partial charge in [-0.05, 0) is 44.0 Å². The minimum Gasteiger partial charge on any atom is -0.338 e. The normalized spacial score (nSPS) is 15.6. The second-order valence-corrected chi connectivity index (χ2v) is 10.3. The molecule has 0 aromatic carbocycles. The molecule has 4 aromatic rings. The average molecular weight is 523 g/mol. The monoisotopic (exact) mass is 523 g/mol. The fourth-order valence-corrected chi connectivity index (χ4v) is 5.39. The van der Waals surface area contributed by atoms with Crippen molar-refractivity contribution in [3.8, 4) is 5.95 Å². The van der Waals surface area contributed by atoms with Gasteiger partial charge in [0.05, 0.1) is 17.5 Å². The Labute approximate surface area is 201 Å². The summed E-state index contributed by atoms with van der Waals surface area (Å²) in [7, 11) is -5.49. The highest BCUT2D eigenvalue weighted by Crippen LogP contribution is 2.34. The highest BCUT2D eigenvalue weighted by molar-refractivity contribution is 7.92. The van der Waals surface area contributed by atoms with Crippen molar-refractivity contribution in [3.05, 3.63) is 64.5 Å². The Morgan fingerprint density at radius 2 is 1.83 bits per heavy atom. The Kier molecular flexibility index (Phi) is 5.54. The number of sulfone groups is 1. The molecule has 0 unspecified atom stereocenters. The molecule has 1 fully saturated rings. The van der Waals surface area contributed by atoms with Gasteiger partial charge in [0.25, 0.3) is 21.3 Å². The molecule has 5 heterocycles. The van der Waals surface area contributed by atoms with E-state index in [1.54, 1.807) is 25.3 Å². The summed E-state index contributed by atoms with van der Waals surface area (Å²) in [5.41, 5.74) is -4.68. The molecule has 190 valence electrons. The first-order chi connectivity index (χ1) is 17.0. The lowest BCUT2D eigenvalue weighted by atomic mass is 10.0. The molecule has 0 atom stereocenters. The van der Waals surface area contributed by atoms with Crippen LogP contribution in [0.3, 0.4) is 0 Å². The molecular formula is C21H20F3N7O4S. The molecule has 11 nitrogen and oxygen atoms in total. The van der Waals surface area contributed by atoms with Crippen molar-refractivity contribution < 1.29 is 26.4 Å².